The maximum absolute atomic E-state index is 11.9. The third kappa shape index (κ3) is 5.15. The number of hydrogen-bond acceptors (Lipinski definition) is 5. The standard InChI is InChI=1S/C12H19NO5S/c1-10(9-14)13-19(15,16)12-5-3-11(4-6-12)18-8-7-17-2/h3-6,10,13-14H,7-9H2,1-2H3/t10-/m0/s1. The van der Waals surface area contributed by atoms with E-state index in [1.807, 2.05) is 0 Å². The van der Waals surface area contributed by atoms with E-state index in [2.05, 4.69) is 4.72 Å². The first-order valence-corrected chi connectivity index (χ1v) is 7.33. The first-order valence-electron chi connectivity index (χ1n) is 5.84. The molecule has 0 radical (unpaired) electrons. The fourth-order valence-electron chi connectivity index (χ4n) is 1.33. The molecule has 0 saturated heterocycles. The summed E-state index contributed by atoms with van der Waals surface area (Å²) in [5.41, 5.74) is 0. The van der Waals surface area contributed by atoms with Crippen LogP contribution in [0.4, 0.5) is 0 Å². The van der Waals surface area contributed by atoms with Gasteiger partial charge in [-0.3, -0.25) is 0 Å². The lowest BCUT2D eigenvalue weighted by Crippen LogP contribution is -2.34. The van der Waals surface area contributed by atoms with Crippen LogP contribution < -0.4 is 9.46 Å². The van der Waals surface area contributed by atoms with Gasteiger partial charge in [-0.1, -0.05) is 0 Å². The van der Waals surface area contributed by atoms with E-state index >= 15 is 0 Å². The molecule has 0 aliphatic carbocycles. The minimum atomic E-state index is -3.60. The Labute approximate surface area is 113 Å². The van der Waals surface area contributed by atoms with Crippen molar-refractivity contribution in [3.63, 3.8) is 0 Å². The normalized spacial score (nSPS) is 13.2. The highest BCUT2D eigenvalue weighted by atomic mass is 32.2. The highest BCUT2D eigenvalue weighted by molar-refractivity contribution is 7.89. The number of hydrogen-bond donors (Lipinski definition) is 2. The lowest BCUT2D eigenvalue weighted by Gasteiger charge is -2.12. The second-order valence-corrected chi connectivity index (χ2v) is 5.73. The van der Waals surface area contributed by atoms with Crippen LogP contribution in [-0.4, -0.2) is 46.5 Å². The fourth-order valence-corrected chi connectivity index (χ4v) is 2.56. The van der Waals surface area contributed by atoms with E-state index in [9.17, 15) is 8.42 Å². The van der Waals surface area contributed by atoms with Crippen LogP contribution >= 0.6 is 0 Å². The predicted octanol–water partition coefficient (Wildman–Crippen LogP) is 0.371. The summed E-state index contributed by atoms with van der Waals surface area (Å²) in [7, 11) is -2.03. The van der Waals surface area contributed by atoms with E-state index in [1.165, 1.54) is 12.1 Å². The van der Waals surface area contributed by atoms with Crippen molar-refractivity contribution in [1.82, 2.24) is 4.72 Å². The van der Waals surface area contributed by atoms with Crippen molar-refractivity contribution in [2.45, 2.75) is 17.9 Å². The average Bonchev–Trinajstić information content (AvgIpc) is 2.39. The molecule has 0 fully saturated rings. The molecule has 0 aromatic heterocycles. The molecule has 0 heterocycles. The topological polar surface area (TPSA) is 84.9 Å². The number of benzene rings is 1. The number of nitrogens with one attached hydrogen (secondary N) is 1. The minimum Gasteiger partial charge on any atom is -0.491 e. The van der Waals surface area contributed by atoms with Crippen LogP contribution in [0, 0.1) is 0 Å². The molecule has 0 saturated carbocycles. The van der Waals surface area contributed by atoms with E-state index in [-0.39, 0.29) is 11.5 Å². The maximum atomic E-state index is 11.9. The fraction of sp³-hybridized carbons (Fsp3) is 0.500. The molecule has 0 unspecified atom stereocenters. The summed E-state index contributed by atoms with van der Waals surface area (Å²) < 4.78 is 36.3. The molecular formula is C12H19NO5S. The van der Waals surface area contributed by atoms with Crippen molar-refractivity contribution in [2.24, 2.45) is 0 Å². The molecule has 1 aromatic rings. The molecule has 1 rings (SSSR count). The number of ether oxygens (including phenoxy) is 2. The number of methoxy groups -OCH3 is 1. The van der Waals surface area contributed by atoms with Crippen molar-refractivity contribution in [3.05, 3.63) is 24.3 Å². The van der Waals surface area contributed by atoms with Crippen LogP contribution in [0.2, 0.25) is 0 Å². The van der Waals surface area contributed by atoms with E-state index in [1.54, 1.807) is 26.2 Å². The molecule has 0 aliphatic rings. The Morgan fingerprint density at radius 2 is 1.89 bits per heavy atom. The van der Waals surface area contributed by atoms with Gasteiger partial charge in [-0.2, -0.15) is 0 Å². The molecule has 108 valence electrons. The zero-order chi connectivity index (χ0) is 14.3. The quantitative estimate of drug-likeness (QED) is 0.675. The third-order valence-electron chi connectivity index (χ3n) is 2.32. The van der Waals surface area contributed by atoms with Gasteiger partial charge in [0.2, 0.25) is 10.0 Å². The van der Waals surface area contributed by atoms with Crippen LogP contribution in [0.1, 0.15) is 6.92 Å². The number of sulfonamides is 1. The Balaban J connectivity index is 2.69. The zero-order valence-corrected chi connectivity index (χ0v) is 11.8. The van der Waals surface area contributed by atoms with E-state index in [0.717, 1.165) is 0 Å². The second-order valence-electron chi connectivity index (χ2n) is 4.02. The van der Waals surface area contributed by atoms with E-state index in [0.29, 0.717) is 19.0 Å². The first-order chi connectivity index (χ1) is 8.99. The Morgan fingerprint density at radius 3 is 2.42 bits per heavy atom. The number of aliphatic hydroxyl groups is 1. The Bertz CT molecular complexity index is 471. The monoisotopic (exact) mass is 289 g/mol. The molecule has 0 aliphatic heterocycles. The molecule has 0 bridgehead atoms. The number of rotatable bonds is 8. The SMILES string of the molecule is COCCOc1ccc(S(=O)(=O)N[C@@H](C)CO)cc1. The van der Waals surface area contributed by atoms with Gasteiger partial charge in [0, 0.05) is 13.2 Å². The summed E-state index contributed by atoms with van der Waals surface area (Å²) in [5.74, 6) is 0.575. The zero-order valence-electron chi connectivity index (χ0n) is 11.0. The van der Waals surface area contributed by atoms with Crippen molar-refractivity contribution in [3.8, 4) is 5.75 Å². The van der Waals surface area contributed by atoms with Gasteiger partial charge in [0.05, 0.1) is 18.1 Å². The summed E-state index contributed by atoms with van der Waals surface area (Å²) in [5, 5.41) is 8.85. The largest absolute Gasteiger partial charge is 0.491 e. The highest BCUT2D eigenvalue weighted by Gasteiger charge is 2.16. The number of aliphatic hydroxyl groups excluding tert-OH is 1. The van der Waals surface area contributed by atoms with E-state index < -0.39 is 16.1 Å². The van der Waals surface area contributed by atoms with Crippen LogP contribution in [0.15, 0.2) is 29.2 Å². The van der Waals surface area contributed by atoms with Gasteiger partial charge in [-0.05, 0) is 31.2 Å². The second kappa shape index (κ2) is 7.44. The molecule has 0 spiro atoms. The van der Waals surface area contributed by atoms with Gasteiger partial charge >= 0.3 is 0 Å². The van der Waals surface area contributed by atoms with Gasteiger partial charge in [-0.15, -0.1) is 0 Å². The molecule has 1 atom stereocenters. The third-order valence-corrected chi connectivity index (χ3v) is 3.93. The van der Waals surface area contributed by atoms with Crippen molar-refractivity contribution < 1.29 is 23.0 Å². The Hall–Kier alpha value is -1.15. The molecule has 2 N–H and O–H groups in total. The molecular weight excluding hydrogens is 270 g/mol. The van der Waals surface area contributed by atoms with Gasteiger partial charge in [0.25, 0.3) is 0 Å². The Morgan fingerprint density at radius 1 is 1.26 bits per heavy atom. The van der Waals surface area contributed by atoms with Crippen LogP contribution in [-0.2, 0) is 14.8 Å². The summed E-state index contributed by atoms with van der Waals surface area (Å²) in [4.78, 5) is 0.131. The molecule has 0 amide bonds. The summed E-state index contributed by atoms with van der Waals surface area (Å²) in [6, 6.07) is 5.53. The van der Waals surface area contributed by atoms with Gasteiger partial charge in [-0.25, -0.2) is 13.1 Å². The van der Waals surface area contributed by atoms with Gasteiger partial charge < -0.3 is 14.6 Å². The smallest absolute Gasteiger partial charge is 0.240 e. The lowest BCUT2D eigenvalue weighted by molar-refractivity contribution is 0.146. The van der Waals surface area contributed by atoms with Gasteiger partial charge in [0.15, 0.2) is 0 Å². The average molecular weight is 289 g/mol. The first kappa shape index (κ1) is 15.9. The maximum Gasteiger partial charge on any atom is 0.240 e. The molecule has 7 heteroatoms. The summed E-state index contributed by atoms with van der Waals surface area (Å²) >= 11 is 0. The van der Waals surface area contributed by atoms with Crippen LogP contribution in [0.5, 0.6) is 5.75 Å². The summed E-state index contributed by atoms with van der Waals surface area (Å²) in [6.07, 6.45) is 0. The lowest BCUT2D eigenvalue weighted by atomic mass is 10.3. The minimum absolute atomic E-state index is 0.131. The van der Waals surface area contributed by atoms with E-state index in [4.69, 9.17) is 14.6 Å². The van der Waals surface area contributed by atoms with Crippen LogP contribution in [0.3, 0.4) is 0 Å². The molecule has 1 aromatic carbocycles. The Kier molecular flexibility index (Phi) is 6.23. The molecule has 6 nitrogen and oxygen atoms in total. The highest BCUT2D eigenvalue weighted by Crippen LogP contribution is 2.16. The molecule has 19 heavy (non-hydrogen) atoms. The van der Waals surface area contributed by atoms with Crippen molar-refractivity contribution in [2.75, 3.05) is 26.9 Å². The summed E-state index contributed by atoms with van der Waals surface area (Å²) in [6.45, 7) is 2.20. The van der Waals surface area contributed by atoms with Crippen LogP contribution in [0.25, 0.3) is 0 Å². The predicted molar refractivity (Wildman–Crippen MR) is 70.7 cm³/mol. The van der Waals surface area contributed by atoms with Crippen molar-refractivity contribution >= 4 is 10.0 Å². The van der Waals surface area contributed by atoms with Crippen molar-refractivity contribution in [1.29, 1.82) is 0 Å². The van der Waals surface area contributed by atoms with Gasteiger partial charge in [0.1, 0.15) is 12.4 Å².